The molecule has 0 spiro atoms. The predicted octanol–water partition coefficient (Wildman–Crippen LogP) is 2.50. The molecule has 1 aliphatic heterocycles. The highest BCUT2D eigenvalue weighted by Crippen LogP contribution is 2.21. The highest BCUT2D eigenvalue weighted by Gasteiger charge is 2.24. The van der Waals surface area contributed by atoms with Crippen molar-refractivity contribution in [2.45, 2.75) is 38.9 Å². The Morgan fingerprint density at radius 3 is 2.50 bits per heavy atom. The van der Waals surface area contributed by atoms with Crippen molar-refractivity contribution in [2.24, 2.45) is 0 Å². The van der Waals surface area contributed by atoms with Crippen LogP contribution >= 0.6 is 0 Å². The van der Waals surface area contributed by atoms with Crippen LogP contribution in [-0.4, -0.2) is 23.5 Å². The Hall–Kier alpha value is -1.66. The summed E-state index contributed by atoms with van der Waals surface area (Å²) >= 11 is 0. The summed E-state index contributed by atoms with van der Waals surface area (Å²) in [6, 6.07) is 6.28. The first kappa shape index (κ1) is 12.8. The van der Waals surface area contributed by atoms with E-state index in [0.717, 1.165) is 12.1 Å². The standard InChI is InChI=1S/C12H16N2O4/c1-8-7-12(18-9(2)17-8)13-10-3-5-11(6-4-10)14(15)16/h3-6,8-9,12-13H,7H2,1-2H3. The molecule has 1 aliphatic rings. The first-order valence-corrected chi connectivity index (χ1v) is 5.86. The number of non-ortho nitro benzene ring substituents is 1. The van der Waals surface area contributed by atoms with E-state index < -0.39 is 4.92 Å². The summed E-state index contributed by atoms with van der Waals surface area (Å²) in [7, 11) is 0. The number of hydrogen-bond acceptors (Lipinski definition) is 5. The van der Waals surface area contributed by atoms with Crippen LogP contribution in [0.5, 0.6) is 0 Å². The molecule has 0 aliphatic carbocycles. The molecule has 3 unspecified atom stereocenters. The van der Waals surface area contributed by atoms with Crippen LogP contribution < -0.4 is 5.32 Å². The minimum atomic E-state index is -0.418. The lowest BCUT2D eigenvalue weighted by Gasteiger charge is -2.33. The van der Waals surface area contributed by atoms with E-state index in [2.05, 4.69) is 5.32 Å². The van der Waals surface area contributed by atoms with Gasteiger partial charge in [-0.05, 0) is 26.0 Å². The Labute approximate surface area is 105 Å². The summed E-state index contributed by atoms with van der Waals surface area (Å²) < 4.78 is 11.0. The van der Waals surface area contributed by atoms with E-state index in [-0.39, 0.29) is 24.3 Å². The highest BCUT2D eigenvalue weighted by molar-refractivity contribution is 5.48. The topological polar surface area (TPSA) is 73.6 Å². The molecule has 6 heteroatoms. The van der Waals surface area contributed by atoms with Crippen LogP contribution in [0.4, 0.5) is 11.4 Å². The zero-order valence-electron chi connectivity index (χ0n) is 10.3. The summed E-state index contributed by atoms with van der Waals surface area (Å²) in [5.74, 6) is 0. The van der Waals surface area contributed by atoms with Gasteiger partial charge in [-0.15, -0.1) is 0 Å². The summed E-state index contributed by atoms with van der Waals surface area (Å²) in [6.45, 7) is 3.84. The monoisotopic (exact) mass is 252 g/mol. The number of rotatable bonds is 3. The van der Waals surface area contributed by atoms with Crippen LogP contribution in [0.1, 0.15) is 20.3 Å². The Morgan fingerprint density at radius 2 is 1.94 bits per heavy atom. The van der Waals surface area contributed by atoms with Crippen molar-refractivity contribution in [3.8, 4) is 0 Å². The molecule has 2 rings (SSSR count). The van der Waals surface area contributed by atoms with Gasteiger partial charge in [0, 0.05) is 24.2 Å². The molecule has 3 atom stereocenters. The molecule has 0 radical (unpaired) electrons. The van der Waals surface area contributed by atoms with Gasteiger partial charge in [-0.3, -0.25) is 10.1 Å². The zero-order chi connectivity index (χ0) is 13.1. The van der Waals surface area contributed by atoms with Gasteiger partial charge in [-0.25, -0.2) is 0 Å². The van der Waals surface area contributed by atoms with Crippen LogP contribution in [0.2, 0.25) is 0 Å². The van der Waals surface area contributed by atoms with Crippen molar-refractivity contribution in [2.75, 3.05) is 5.32 Å². The molecule has 1 fully saturated rings. The van der Waals surface area contributed by atoms with Crippen LogP contribution in [0.25, 0.3) is 0 Å². The largest absolute Gasteiger partial charge is 0.360 e. The van der Waals surface area contributed by atoms with Crippen molar-refractivity contribution in [1.29, 1.82) is 0 Å². The lowest BCUT2D eigenvalue weighted by molar-refractivity contribution is -0.384. The second-order valence-electron chi connectivity index (χ2n) is 4.32. The van der Waals surface area contributed by atoms with Crippen LogP contribution in [0, 0.1) is 10.1 Å². The van der Waals surface area contributed by atoms with E-state index in [1.807, 2.05) is 13.8 Å². The summed E-state index contributed by atoms with van der Waals surface area (Å²) in [4.78, 5) is 10.1. The van der Waals surface area contributed by atoms with Gasteiger partial charge in [-0.2, -0.15) is 0 Å². The number of hydrogen-bond donors (Lipinski definition) is 1. The van der Waals surface area contributed by atoms with E-state index in [1.165, 1.54) is 12.1 Å². The Balaban J connectivity index is 1.98. The summed E-state index contributed by atoms with van der Waals surface area (Å²) in [6.07, 6.45) is 0.486. The zero-order valence-corrected chi connectivity index (χ0v) is 10.3. The van der Waals surface area contributed by atoms with Crippen molar-refractivity contribution in [1.82, 2.24) is 0 Å². The lowest BCUT2D eigenvalue weighted by Crippen LogP contribution is -2.39. The Kier molecular flexibility index (Phi) is 3.78. The average Bonchev–Trinajstić information content (AvgIpc) is 2.28. The van der Waals surface area contributed by atoms with Crippen molar-refractivity contribution < 1.29 is 14.4 Å². The molecular weight excluding hydrogens is 236 g/mol. The molecule has 0 aromatic heterocycles. The van der Waals surface area contributed by atoms with Gasteiger partial charge in [0.25, 0.3) is 5.69 Å². The molecular formula is C12H16N2O4. The second-order valence-corrected chi connectivity index (χ2v) is 4.32. The molecule has 0 amide bonds. The van der Waals surface area contributed by atoms with Crippen LogP contribution in [0.3, 0.4) is 0 Å². The normalized spacial score (nSPS) is 27.8. The van der Waals surface area contributed by atoms with Crippen molar-refractivity contribution in [3.63, 3.8) is 0 Å². The van der Waals surface area contributed by atoms with E-state index in [0.29, 0.717) is 0 Å². The number of ether oxygens (including phenoxy) is 2. The fraction of sp³-hybridized carbons (Fsp3) is 0.500. The fourth-order valence-electron chi connectivity index (χ4n) is 1.96. The van der Waals surface area contributed by atoms with Gasteiger partial charge >= 0.3 is 0 Å². The lowest BCUT2D eigenvalue weighted by atomic mass is 10.2. The minimum Gasteiger partial charge on any atom is -0.360 e. The fourth-order valence-corrected chi connectivity index (χ4v) is 1.96. The summed E-state index contributed by atoms with van der Waals surface area (Å²) in [5, 5.41) is 13.7. The third-order valence-electron chi connectivity index (χ3n) is 2.73. The van der Waals surface area contributed by atoms with E-state index in [9.17, 15) is 10.1 Å². The number of nitrogens with one attached hydrogen (secondary N) is 1. The minimum absolute atomic E-state index is 0.0789. The highest BCUT2D eigenvalue weighted by atomic mass is 16.7. The van der Waals surface area contributed by atoms with Gasteiger partial charge in [0.2, 0.25) is 0 Å². The third kappa shape index (κ3) is 3.18. The van der Waals surface area contributed by atoms with Crippen LogP contribution in [0.15, 0.2) is 24.3 Å². The Bertz CT molecular complexity index is 411. The molecule has 1 saturated heterocycles. The molecule has 0 bridgehead atoms. The van der Waals surface area contributed by atoms with E-state index >= 15 is 0 Å². The van der Waals surface area contributed by atoms with Gasteiger partial charge in [0.15, 0.2) is 6.29 Å². The maximum atomic E-state index is 10.5. The number of benzene rings is 1. The SMILES string of the molecule is CC1CC(Nc2ccc([N+](=O)[O-])cc2)OC(C)O1. The Morgan fingerprint density at radius 1 is 1.28 bits per heavy atom. The van der Waals surface area contributed by atoms with Gasteiger partial charge in [0.05, 0.1) is 11.0 Å². The molecule has 0 saturated carbocycles. The predicted molar refractivity (Wildman–Crippen MR) is 66.2 cm³/mol. The first-order chi connectivity index (χ1) is 8.54. The maximum Gasteiger partial charge on any atom is 0.269 e. The van der Waals surface area contributed by atoms with E-state index in [4.69, 9.17) is 9.47 Å². The maximum absolute atomic E-state index is 10.5. The number of nitrogens with zero attached hydrogens (tertiary/aromatic N) is 1. The molecule has 1 heterocycles. The number of anilines is 1. The first-order valence-electron chi connectivity index (χ1n) is 5.86. The average molecular weight is 252 g/mol. The summed E-state index contributed by atoms with van der Waals surface area (Å²) in [5.41, 5.74) is 0.877. The van der Waals surface area contributed by atoms with E-state index in [1.54, 1.807) is 12.1 Å². The molecule has 6 nitrogen and oxygen atoms in total. The molecule has 1 aromatic carbocycles. The van der Waals surface area contributed by atoms with Crippen molar-refractivity contribution >= 4 is 11.4 Å². The van der Waals surface area contributed by atoms with Crippen LogP contribution in [-0.2, 0) is 9.47 Å². The third-order valence-corrected chi connectivity index (χ3v) is 2.73. The second kappa shape index (κ2) is 5.32. The number of nitro benzene ring substituents is 1. The molecule has 98 valence electrons. The van der Waals surface area contributed by atoms with Gasteiger partial charge in [-0.1, -0.05) is 0 Å². The van der Waals surface area contributed by atoms with Crippen molar-refractivity contribution in [3.05, 3.63) is 34.4 Å². The molecule has 1 aromatic rings. The smallest absolute Gasteiger partial charge is 0.269 e. The molecule has 18 heavy (non-hydrogen) atoms. The van der Waals surface area contributed by atoms with Gasteiger partial charge < -0.3 is 14.8 Å². The molecule has 1 N–H and O–H groups in total. The number of nitro groups is 1. The van der Waals surface area contributed by atoms with Gasteiger partial charge in [0.1, 0.15) is 6.23 Å². The quantitative estimate of drug-likeness (QED) is 0.661.